The molecule has 0 radical (unpaired) electrons. The second kappa shape index (κ2) is 11.9. The number of hydrogen-bond acceptors (Lipinski definition) is 6. The van der Waals surface area contributed by atoms with E-state index < -0.39 is 15.9 Å². The Morgan fingerprint density at radius 1 is 0.974 bits per heavy atom. The molecule has 8 nitrogen and oxygen atoms in total. The molecule has 1 aromatic rings. The SMILES string of the molecule is CC(=O)N1C(C)CN(C(=O)C2CCCO2)C2NC(c3ccc(S(C)(=O)=O)cc3)CC(C3CCCCCCC3)C21. The van der Waals surface area contributed by atoms with Crippen LogP contribution in [0.25, 0.3) is 0 Å². The van der Waals surface area contributed by atoms with Gasteiger partial charge in [-0.15, -0.1) is 0 Å². The van der Waals surface area contributed by atoms with Crippen molar-refractivity contribution in [2.45, 2.75) is 113 Å². The normalized spacial score (nSPS) is 32.8. The maximum absolute atomic E-state index is 13.8. The molecule has 9 heteroatoms. The summed E-state index contributed by atoms with van der Waals surface area (Å²) in [5, 5.41) is 3.79. The number of benzene rings is 1. The lowest BCUT2D eigenvalue weighted by Crippen LogP contribution is -2.74. The van der Waals surface area contributed by atoms with Crippen molar-refractivity contribution in [1.82, 2.24) is 15.1 Å². The second-order valence-corrected chi connectivity index (χ2v) is 14.3. The van der Waals surface area contributed by atoms with Gasteiger partial charge in [-0.3, -0.25) is 14.9 Å². The molecule has 6 unspecified atom stereocenters. The zero-order valence-corrected chi connectivity index (χ0v) is 24.5. The zero-order chi connectivity index (χ0) is 27.7. The summed E-state index contributed by atoms with van der Waals surface area (Å²) in [5.41, 5.74) is 1.02. The first-order valence-electron chi connectivity index (χ1n) is 14.9. The van der Waals surface area contributed by atoms with Gasteiger partial charge < -0.3 is 14.5 Å². The molecule has 4 aliphatic rings. The van der Waals surface area contributed by atoms with Crippen LogP contribution in [-0.2, 0) is 24.2 Å². The Hall–Kier alpha value is -1.97. The minimum absolute atomic E-state index is 0.0227. The maximum atomic E-state index is 13.8. The molecule has 39 heavy (non-hydrogen) atoms. The fraction of sp³-hybridized carbons (Fsp3) is 0.733. The average molecular weight is 560 g/mol. The van der Waals surface area contributed by atoms with Crippen molar-refractivity contribution in [2.75, 3.05) is 19.4 Å². The van der Waals surface area contributed by atoms with Gasteiger partial charge in [0.2, 0.25) is 5.91 Å². The Morgan fingerprint density at radius 3 is 2.23 bits per heavy atom. The van der Waals surface area contributed by atoms with Crippen molar-refractivity contribution in [3.63, 3.8) is 0 Å². The highest BCUT2D eigenvalue weighted by molar-refractivity contribution is 7.90. The van der Waals surface area contributed by atoms with Crippen LogP contribution in [0.1, 0.15) is 89.7 Å². The van der Waals surface area contributed by atoms with Crippen LogP contribution in [0.5, 0.6) is 0 Å². The van der Waals surface area contributed by atoms with E-state index in [1.54, 1.807) is 19.1 Å². The van der Waals surface area contributed by atoms with Crippen LogP contribution in [-0.4, -0.2) is 73.8 Å². The Bertz CT molecular complexity index is 1130. The van der Waals surface area contributed by atoms with Gasteiger partial charge in [-0.2, -0.15) is 0 Å². The third kappa shape index (κ3) is 6.05. The molecule has 1 N–H and O–H groups in total. The summed E-state index contributed by atoms with van der Waals surface area (Å²) in [6, 6.07) is 6.96. The topological polar surface area (TPSA) is 96.0 Å². The van der Waals surface area contributed by atoms with E-state index in [1.165, 1.54) is 38.4 Å². The van der Waals surface area contributed by atoms with Crippen LogP contribution in [0.3, 0.4) is 0 Å². The smallest absolute Gasteiger partial charge is 0.253 e. The summed E-state index contributed by atoms with van der Waals surface area (Å²) in [5.74, 6) is 0.801. The number of ether oxygens (including phenoxy) is 1. The highest BCUT2D eigenvalue weighted by atomic mass is 32.2. The molecule has 5 rings (SSSR count). The van der Waals surface area contributed by atoms with E-state index in [1.807, 2.05) is 17.0 Å². The van der Waals surface area contributed by atoms with Gasteiger partial charge in [0.25, 0.3) is 5.91 Å². The first-order chi connectivity index (χ1) is 18.6. The van der Waals surface area contributed by atoms with Crippen LogP contribution >= 0.6 is 0 Å². The van der Waals surface area contributed by atoms with Crippen molar-refractivity contribution in [1.29, 1.82) is 0 Å². The Labute approximate surface area is 233 Å². The summed E-state index contributed by atoms with van der Waals surface area (Å²) in [6.45, 7) is 4.82. The van der Waals surface area contributed by atoms with Crippen molar-refractivity contribution in [3.05, 3.63) is 29.8 Å². The van der Waals surface area contributed by atoms with Gasteiger partial charge in [-0.25, -0.2) is 8.42 Å². The number of carbonyl (C=O) groups excluding carboxylic acids is 2. The molecule has 2 amide bonds. The molecular formula is C30H45N3O5S. The zero-order valence-electron chi connectivity index (χ0n) is 23.7. The van der Waals surface area contributed by atoms with Crippen molar-refractivity contribution >= 4 is 21.7 Å². The minimum Gasteiger partial charge on any atom is -0.368 e. The summed E-state index contributed by atoms with van der Waals surface area (Å²) < 4.78 is 30.0. The highest BCUT2D eigenvalue weighted by Crippen LogP contribution is 2.44. The lowest BCUT2D eigenvalue weighted by atomic mass is 9.70. The molecule has 4 fully saturated rings. The van der Waals surface area contributed by atoms with Crippen LogP contribution in [0.4, 0.5) is 0 Å². The summed E-state index contributed by atoms with van der Waals surface area (Å²) in [6.07, 6.45) is 11.5. The fourth-order valence-corrected chi connectivity index (χ4v) is 8.33. The lowest BCUT2D eigenvalue weighted by Gasteiger charge is -2.58. The average Bonchev–Trinajstić information content (AvgIpc) is 3.42. The fourth-order valence-electron chi connectivity index (χ4n) is 7.70. The van der Waals surface area contributed by atoms with E-state index in [2.05, 4.69) is 17.1 Å². The number of nitrogens with one attached hydrogen (secondary N) is 1. The Kier molecular flexibility index (Phi) is 8.69. The second-order valence-electron chi connectivity index (χ2n) is 12.3. The molecule has 1 aliphatic carbocycles. The van der Waals surface area contributed by atoms with Crippen molar-refractivity contribution in [3.8, 4) is 0 Å². The van der Waals surface area contributed by atoms with E-state index >= 15 is 0 Å². The Morgan fingerprint density at radius 2 is 1.64 bits per heavy atom. The van der Waals surface area contributed by atoms with Crippen molar-refractivity contribution < 1.29 is 22.7 Å². The van der Waals surface area contributed by atoms with Gasteiger partial charge in [0.15, 0.2) is 9.84 Å². The van der Waals surface area contributed by atoms with Crippen LogP contribution in [0.15, 0.2) is 29.2 Å². The molecule has 3 aliphatic heterocycles. The predicted molar refractivity (Wildman–Crippen MR) is 150 cm³/mol. The third-order valence-electron chi connectivity index (χ3n) is 9.55. The van der Waals surface area contributed by atoms with E-state index in [9.17, 15) is 18.0 Å². The molecule has 6 atom stereocenters. The quantitative estimate of drug-likeness (QED) is 0.598. The predicted octanol–water partition coefficient (Wildman–Crippen LogP) is 4.05. The van der Waals surface area contributed by atoms with E-state index in [0.717, 1.165) is 37.7 Å². The number of nitrogens with zero attached hydrogens (tertiary/aromatic N) is 2. The molecule has 3 saturated heterocycles. The number of amides is 2. The molecule has 0 spiro atoms. The largest absolute Gasteiger partial charge is 0.368 e. The molecule has 3 heterocycles. The molecule has 0 bridgehead atoms. The summed E-state index contributed by atoms with van der Waals surface area (Å²) >= 11 is 0. The van der Waals surface area contributed by atoms with Gasteiger partial charge in [0.05, 0.1) is 10.9 Å². The summed E-state index contributed by atoms with van der Waals surface area (Å²) in [4.78, 5) is 31.3. The number of piperazine rings is 1. The number of sulfone groups is 1. The standard InChI is InChI=1S/C30H45N3O5S/c1-20-19-32(30(35)27-12-9-17-38-27)29-28(33(20)21(2)34)25(22-10-7-5-4-6-8-11-22)18-26(31-29)23-13-15-24(16-14-23)39(3,36)37/h13-16,20,22,25-29,31H,4-12,17-19H2,1-3H3. The van der Waals surface area contributed by atoms with E-state index in [4.69, 9.17) is 4.74 Å². The van der Waals surface area contributed by atoms with Gasteiger partial charge in [-0.1, -0.05) is 57.1 Å². The number of carbonyl (C=O) groups is 2. The van der Waals surface area contributed by atoms with Gasteiger partial charge in [0, 0.05) is 38.4 Å². The highest BCUT2D eigenvalue weighted by Gasteiger charge is 2.53. The monoisotopic (exact) mass is 559 g/mol. The van der Waals surface area contributed by atoms with Crippen molar-refractivity contribution in [2.24, 2.45) is 11.8 Å². The van der Waals surface area contributed by atoms with Crippen LogP contribution in [0.2, 0.25) is 0 Å². The first kappa shape index (κ1) is 28.6. The van der Waals surface area contributed by atoms with Gasteiger partial charge in [-0.05, 0) is 55.7 Å². The number of fused-ring (bicyclic) bond motifs is 1. The Balaban J connectivity index is 1.54. The molecule has 1 aromatic carbocycles. The molecule has 216 valence electrons. The molecule has 0 aromatic heterocycles. The molecular weight excluding hydrogens is 514 g/mol. The van der Waals surface area contributed by atoms with Gasteiger partial charge >= 0.3 is 0 Å². The lowest BCUT2D eigenvalue weighted by molar-refractivity contribution is -0.167. The minimum atomic E-state index is -3.29. The third-order valence-corrected chi connectivity index (χ3v) is 10.7. The van der Waals surface area contributed by atoms with Crippen LogP contribution < -0.4 is 5.32 Å². The van der Waals surface area contributed by atoms with E-state index in [-0.39, 0.29) is 42.0 Å². The number of hydrogen-bond donors (Lipinski definition) is 1. The molecule has 1 saturated carbocycles. The summed E-state index contributed by atoms with van der Waals surface area (Å²) in [7, 11) is -3.29. The van der Waals surface area contributed by atoms with Gasteiger partial charge in [0.1, 0.15) is 12.3 Å². The maximum Gasteiger partial charge on any atom is 0.253 e. The number of rotatable bonds is 4. The first-order valence-corrected chi connectivity index (χ1v) is 16.8. The number of piperidine rings is 1. The van der Waals surface area contributed by atoms with E-state index in [0.29, 0.717) is 24.0 Å². The van der Waals surface area contributed by atoms with Crippen LogP contribution in [0, 0.1) is 11.8 Å².